The smallest absolute Gasteiger partial charge is 0.229 e. The molecule has 0 unspecified atom stereocenters. The Kier molecular flexibility index (Phi) is 7.21. The van der Waals surface area contributed by atoms with E-state index in [0.29, 0.717) is 17.7 Å². The van der Waals surface area contributed by atoms with Crippen molar-refractivity contribution < 1.29 is 0 Å². The van der Waals surface area contributed by atoms with Gasteiger partial charge in [0.15, 0.2) is 0 Å². The molecule has 0 bridgehead atoms. The van der Waals surface area contributed by atoms with Gasteiger partial charge < -0.3 is 10.6 Å². The Balaban J connectivity index is 1.18. The second-order valence-corrected chi connectivity index (χ2v) is 9.50. The highest BCUT2D eigenvalue weighted by Gasteiger charge is 2.17. The van der Waals surface area contributed by atoms with Crippen LogP contribution in [0, 0.1) is 11.8 Å². The number of anilines is 3. The summed E-state index contributed by atoms with van der Waals surface area (Å²) in [7, 11) is 0. The Morgan fingerprint density at radius 1 is 0.821 bits per heavy atom. The second-order valence-electron chi connectivity index (χ2n) is 9.50. The van der Waals surface area contributed by atoms with Crippen molar-refractivity contribution in [2.24, 2.45) is 0 Å². The lowest BCUT2D eigenvalue weighted by molar-refractivity contribution is 0.462. The van der Waals surface area contributed by atoms with Gasteiger partial charge in [0.25, 0.3) is 0 Å². The lowest BCUT2D eigenvalue weighted by Gasteiger charge is -2.24. The minimum absolute atomic E-state index is 0.413. The van der Waals surface area contributed by atoms with Gasteiger partial charge in [-0.25, -0.2) is 9.97 Å². The third kappa shape index (κ3) is 6.11. The molecule has 0 saturated heterocycles. The minimum atomic E-state index is 0.413. The third-order valence-corrected chi connectivity index (χ3v) is 6.72. The number of hydrogen-bond donors (Lipinski definition) is 3. The summed E-state index contributed by atoms with van der Waals surface area (Å²) in [4.78, 5) is 18.3. The summed E-state index contributed by atoms with van der Waals surface area (Å²) in [5, 5.41) is 14.0. The van der Waals surface area contributed by atoms with Crippen LogP contribution in [0.25, 0.3) is 22.5 Å². The van der Waals surface area contributed by atoms with Crippen LogP contribution in [0.4, 0.5) is 17.5 Å². The number of aromatic nitrogens is 6. The van der Waals surface area contributed by atoms with Crippen LogP contribution >= 0.6 is 0 Å². The number of hydrogen-bond acceptors (Lipinski definition) is 7. The first-order valence-electron chi connectivity index (χ1n) is 13.2. The van der Waals surface area contributed by atoms with Gasteiger partial charge in [-0.2, -0.15) is 10.1 Å². The van der Waals surface area contributed by atoms with Gasteiger partial charge >= 0.3 is 0 Å². The standard InChI is InChI=1S/C31H28N8/c1-2-6-24(7-3-1)36-30-27(29-8-4-5-17-33-29)21-34-31(38-30)37-25-12-9-22(10-13-25)11-14-26-20-23(15-18-32-26)28-16-19-35-39-28/h4-5,8-10,12-13,15-21,24H,1-3,6-7H2,(H,35,39)(H2,34,36,37,38). The summed E-state index contributed by atoms with van der Waals surface area (Å²) in [6.45, 7) is 0. The van der Waals surface area contributed by atoms with Crippen molar-refractivity contribution >= 4 is 17.5 Å². The summed E-state index contributed by atoms with van der Waals surface area (Å²) < 4.78 is 0. The van der Waals surface area contributed by atoms with E-state index >= 15 is 0 Å². The van der Waals surface area contributed by atoms with E-state index in [-0.39, 0.29) is 0 Å². The van der Waals surface area contributed by atoms with E-state index < -0.39 is 0 Å². The van der Waals surface area contributed by atoms with Crippen LogP contribution in [0.2, 0.25) is 0 Å². The topological polar surface area (TPSA) is 104 Å². The number of H-pyrrole nitrogens is 1. The predicted octanol–water partition coefficient (Wildman–Crippen LogP) is 6.21. The Morgan fingerprint density at radius 2 is 1.72 bits per heavy atom. The van der Waals surface area contributed by atoms with Crippen molar-refractivity contribution in [2.75, 3.05) is 10.6 Å². The molecule has 0 radical (unpaired) electrons. The molecule has 8 heteroatoms. The van der Waals surface area contributed by atoms with Gasteiger partial charge in [0.1, 0.15) is 11.5 Å². The van der Waals surface area contributed by atoms with Gasteiger partial charge in [0.05, 0.1) is 17.0 Å². The highest BCUT2D eigenvalue weighted by Crippen LogP contribution is 2.29. The molecule has 0 aliphatic heterocycles. The molecule has 6 rings (SSSR count). The molecule has 0 atom stereocenters. The van der Waals surface area contributed by atoms with Crippen LogP contribution < -0.4 is 10.6 Å². The van der Waals surface area contributed by atoms with Crippen molar-refractivity contribution in [3.8, 4) is 34.4 Å². The number of rotatable bonds is 6. The Hall–Kier alpha value is -5.03. The molecule has 39 heavy (non-hydrogen) atoms. The van der Waals surface area contributed by atoms with Crippen LogP contribution in [0.1, 0.15) is 43.4 Å². The van der Waals surface area contributed by atoms with Crippen LogP contribution in [-0.4, -0.2) is 36.2 Å². The van der Waals surface area contributed by atoms with Gasteiger partial charge in [0, 0.05) is 47.6 Å². The fourth-order valence-corrected chi connectivity index (χ4v) is 4.69. The summed E-state index contributed by atoms with van der Waals surface area (Å²) in [6, 6.07) is 20.0. The predicted molar refractivity (Wildman–Crippen MR) is 153 cm³/mol. The average Bonchev–Trinajstić information content (AvgIpc) is 3.54. The minimum Gasteiger partial charge on any atom is -0.367 e. The molecule has 3 N–H and O–H groups in total. The molecule has 8 nitrogen and oxygen atoms in total. The molecule has 0 amide bonds. The highest BCUT2D eigenvalue weighted by atomic mass is 15.2. The zero-order valence-corrected chi connectivity index (χ0v) is 21.4. The van der Waals surface area contributed by atoms with Crippen LogP contribution in [0.5, 0.6) is 0 Å². The Labute approximate surface area is 227 Å². The zero-order chi connectivity index (χ0) is 26.3. The van der Waals surface area contributed by atoms with Crippen molar-refractivity contribution in [3.63, 3.8) is 0 Å². The number of benzene rings is 1. The first-order chi connectivity index (χ1) is 19.3. The number of pyridine rings is 2. The quantitative estimate of drug-likeness (QED) is 0.232. The molecule has 4 heterocycles. The van der Waals surface area contributed by atoms with Crippen molar-refractivity contribution in [3.05, 3.63) is 96.7 Å². The lowest BCUT2D eigenvalue weighted by atomic mass is 9.95. The van der Waals surface area contributed by atoms with Gasteiger partial charge in [-0.05, 0) is 73.4 Å². The van der Waals surface area contributed by atoms with Crippen molar-refractivity contribution in [2.45, 2.75) is 38.1 Å². The van der Waals surface area contributed by atoms with Gasteiger partial charge in [-0.1, -0.05) is 31.2 Å². The lowest BCUT2D eigenvalue weighted by Crippen LogP contribution is -2.23. The molecular weight excluding hydrogens is 484 g/mol. The summed E-state index contributed by atoms with van der Waals surface area (Å²) >= 11 is 0. The van der Waals surface area contributed by atoms with Crippen LogP contribution in [-0.2, 0) is 0 Å². The molecule has 1 aliphatic carbocycles. The van der Waals surface area contributed by atoms with Gasteiger partial charge in [-0.15, -0.1) is 0 Å². The molecule has 1 aromatic carbocycles. The monoisotopic (exact) mass is 512 g/mol. The summed E-state index contributed by atoms with van der Waals surface area (Å²) in [5.41, 5.74) is 6.16. The third-order valence-electron chi connectivity index (χ3n) is 6.72. The summed E-state index contributed by atoms with van der Waals surface area (Å²) in [5.74, 6) is 7.68. The second kappa shape index (κ2) is 11.6. The van der Waals surface area contributed by atoms with E-state index in [4.69, 9.17) is 4.98 Å². The molecule has 5 aromatic rings. The van der Waals surface area contributed by atoms with Gasteiger partial charge in [0.2, 0.25) is 5.95 Å². The fraction of sp³-hybridized carbons (Fsp3) is 0.194. The number of nitrogens with zero attached hydrogens (tertiary/aromatic N) is 5. The van der Waals surface area contributed by atoms with Crippen molar-refractivity contribution in [1.29, 1.82) is 0 Å². The van der Waals surface area contributed by atoms with Crippen LogP contribution in [0.15, 0.2) is 85.5 Å². The normalized spacial score (nSPS) is 13.3. The van der Waals surface area contributed by atoms with E-state index in [1.54, 1.807) is 18.6 Å². The molecule has 0 spiro atoms. The molecule has 1 saturated carbocycles. The van der Waals surface area contributed by atoms with Crippen molar-refractivity contribution in [1.82, 2.24) is 30.1 Å². The maximum Gasteiger partial charge on any atom is 0.229 e. The molecule has 1 fully saturated rings. The Morgan fingerprint density at radius 3 is 2.51 bits per heavy atom. The fourth-order valence-electron chi connectivity index (χ4n) is 4.69. The van der Waals surface area contributed by atoms with E-state index in [1.807, 2.05) is 66.9 Å². The van der Waals surface area contributed by atoms with E-state index in [1.165, 1.54) is 19.3 Å². The van der Waals surface area contributed by atoms with Crippen LogP contribution in [0.3, 0.4) is 0 Å². The average molecular weight is 513 g/mol. The summed E-state index contributed by atoms with van der Waals surface area (Å²) in [6.07, 6.45) is 13.2. The van der Waals surface area contributed by atoms with E-state index in [0.717, 1.165) is 52.4 Å². The zero-order valence-electron chi connectivity index (χ0n) is 21.4. The van der Waals surface area contributed by atoms with E-state index in [2.05, 4.69) is 47.6 Å². The largest absolute Gasteiger partial charge is 0.367 e. The SMILES string of the molecule is C(#Cc1cc(-c2ccn[nH]2)ccn1)c1ccc(Nc2ncc(-c3ccccn3)c(NC3CCCCC3)n2)cc1. The number of aromatic amines is 1. The molecule has 1 aliphatic rings. The number of nitrogens with one attached hydrogen (secondary N) is 3. The molecular formula is C31H28N8. The maximum absolute atomic E-state index is 4.85. The van der Waals surface area contributed by atoms with Gasteiger partial charge in [-0.3, -0.25) is 10.1 Å². The van der Waals surface area contributed by atoms with E-state index in [9.17, 15) is 0 Å². The first-order valence-corrected chi connectivity index (χ1v) is 13.2. The highest BCUT2D eigenvalue weighted by molar-refractivity contribution is 5.73. The maximum atomic E-state index is 4.85. The molecule has 4 aromatic heterocycles. The molecule has 192 valence electrons. The Bertz CT molecular complexity index is 1580. The first kappa shape index (κ1) is 24.3.